The summed E-state index contributed by atoms with van der Waals surface area (Å²) in [6, 6.07) is 10.7. The predicted molar refractivity (Wildman–Crippen MR) is 143 cm³/mol. The third-order valence-corrected chi connectivity index (χ3v) is 7.40. The van der Waals surface area contributed by atoms with Crippen LogP contribution >= 0.6 is 57.9 Å². The lowest BCUT2D eigenvalue weighted by Gasteiger charge is -2.10. The zero-order valence-corrected chi connectivity index (χ0v) is 22.6. The number of amides is 1. The fraction of sp³-hybridized carbons (Fsp3) is 0.217. The van der Waals surface area contributed by atoms with Gasteiger partial charge in [0.25, 0.3) is 0 Å². The van der Waals surface area contributed by atoms with E-state index in [1.165, 1.54) is 23.1 Å². The van der Waals surface area contributed by atoms with Crippen LogP contribution in [0.1, 0.15) is 18.3 Å². The van der Waals surface area contributed by atoms with E-state index in [0.717, 1.165) is 16.9 Å². The topological polar surface area (TPSA) is 81.9 Å². The van der Waals surface area contributed by atoms with Gasteiger partial charge in [0, 0.05) is 27.5 Å². The Balaban J connectivity index is 1.34. The van der Waals surface area contributed by atoms with E-state index in [9.17, 15) is 4.79 Å². The first-order chi connectivity index (χ1) is 16.8. The van der Waals surface area contributed by atoms with Crippen molar-refractivity contribution in [2.24, 2.45) is 0 Å². The molecule has 0 saturated heterocycles. The lowest BCUT2D eigenvalue weighted by molar-refractivity contribution is -0.113. The van der Waals surface area contributed by atoms with Gasteiger partial charge in [0.1, 0.15) is 12.4 Å². The molecule has 0 aliphatic rings. The number of ether oxygens (including phenoxy) is 1. The second kappa shape index (κ2) is 11.6. The average Bonchev–Trinajstić information content (AvgIpc) is 3.43. The summed E-state index contributed by atoms with van der Waals surface area (Å²) in [5.74, 6) is 1.37. The van der Waals surface area contributed by atoms with Crippen molar-refractivity contribution >= 4 is 68.9 Å². The highest BCUT2D eigenvalue weighted by atomic mass is 35.5. The fourth-order valence-corrected chi connectivity index (χ4v) is 5.48. The molecule has 0 spiro atoms. The normalized spacial score (nSPS) is 11.0. The van der Waals surface area contributed by atoms with Crippen molar-refractivity contribution in [2.75, 3.05) is 11.1 Å². The molecule has 1 N–H and O–H groups in total. The van der Waals surface area contributed by atoms with Crippen molar-refractivity contribution in [1.29, 1.82) is 0 Å². The second-order valence-electron chi connectivity index (χ2n) is 7.34. The number of hydrogen-bond acceptors (Lipinski definition) is 7. The summed E-state index contributed by atoms with van der Waals surface area (Å²) >= 11 is 20.8. The van der Waals surface area contributed by atoms with Crippen LogP contribution in [0.5, 0.6) is 5.75 Å². The van der Waals surface area contributed by atoms with Crippen LogP contribution in [-0.4, -0.2) is 31.4 Å². The number of hydrogen-bond donors (Lipinski definition) is 1. The molecule has 0 radical (unpaired) electrons. The maximum atomic E-state index is 12.5. The molecule has 35 heavy (non-hydrogen) atoms. The number of carbonyl (C=O) groups is 1. The van der Waals surface area contributed by atoms with Crippen molar-refractivity contribution in [3.05, 3.63) is 68.2 Å². The molecule has 0 bridgehead atoms. The van der Waals surface area contributed by atoms with E-state index in [1.807, 2.05) is 35.9 Å². The highest BCUT2D eigenvalue weighted by Gasteiger charge is 2.16. The molecule has 4 aromatic rings. The highest BCUT2D eigenvalue weighted by molar-refractivity contribution is 7.99. The molecule has 2 aromatic carbocycles. The predicted octanol–water partition coefficient (Wildman–Crippen LogP) is 7.00. The zero-order valence-electron chi connectivity index (χ0n) is 18.7. The van der Waals surface area contributed by atoms with Crippen molar-refractivity contribution in [2.45, 2.75) is 32.2 Å². The largest absolute Gasteiger partial charge is 0.485 e. The maximum Gasteiger partial charge on any atom is 0.236 e. The molecule has 0 aliphatic heterocycles. The van der Waals surface area contributed by atoms with Gasteiger partial charge in [-0.15, -0.1) is 21.5 Å². The Labute approximate surface area is 225 Å². The van der Waals surface area contributed by atoms with E-state index >= 15 is 0 Å². The first-order valence-electron chi connectivity index (χ1n) is 10.5. The van der Waals surface area contributed by atoms with Crippen molar-refractivity contribution in [3.8, 4) is 17.0 Å². The SMILES string of the molecule is CCn1c(COc2ccc(Cl)cc2C)nnc1SCC(=O)Nc1nc(-c2ccc(Cl)cc2Cl)cs1. The molecule has 7 nitrogen and oxygen atoms in total. The smallest absolute Gasteiger partial charge is 0.236 e. The Morgan fingerprint density at radius 1 is 1.14 bits per heavy atom. The number of nitrogens with one attached hydrogen (secondary N) is 1. The number of halogens is 3. The molecule has 0 unspecified atom stereocenters. The summed E-state index contributed by atoms with van der Waals surface area (Å²) in [6.07, 6.45) is 0. The quantitative estimate of drug-likeness (QED) is 0.219. The van der Waals surface area contributed by atoms with E-state index < -0.39 is 0 Å². The van der Waals surface area contributed by atoms with Gasteiger partial charge in [-0.2, -0.15) is 0 Å². The van der Waals surface area contributed by atoms with Gasteiger partial charge < -0.3 is 14.6 Å². The Kier molecular flexibility index (Phi) is 8.56. The molecule has 12 heteroatoms. The number of carbonyl (C=O) groups excluding carboxylic acids is 1. The number of nitrogens with zero attached hydrogens (tertiary/aromatic N) is 4. The van der Waals surface area contributed by atoms with Gasteiger partial charge in [-0.3, -0.25) is 4.79 Å². The molecule has 4 rings (SSSR count). The molecular formula is C23H20Cl3N5O2S2. The summed E-state index contributed by atoms with van der Waals surface area (Å²) in [5, 5.41) is 16.0. The molecular weight excluding hydrogens is 549 g/mol. The van der Waals surface area contributed by atoms with E-state index in [1.54, 1.807) is 24.3 Å². The second-order valence-corrected chi connectivity index (χ2v) is 10.4. The summed E-state index contributed by atoms with van der Waals surface area (Å²) < 4.78 is 7.82. The molecule has 0 saturated carbocycles. The van der Waals surface area contributed by atoms with E-state index in [2.05, 4.69) is 20.5 Å². The van der Waals surface area contributed by atoms with Gasteiger partial charge in [-0.25, -0.2) is 4.98 Å². The van der Waals surface area contributed by atoms with Crippen molar-refractivity contribution < 1.29 is 9.53 Å². The van der Waals surface area contributed by atoms with Gasteiger partial charge in [0.15, 0.2) is 16.1 Å². The lowest BCUT2D eigenvalue weighted by atomic mass is 10.2. The first-order valence-corrected chi connectivity index (χ1v) is 13.5. The van der Waals surface area contributed by atoms with Gasteiger partial charge >= 0.3 is 0 Å². The number of thioether (sulfide) groups is 1. The molecule has 182 valence electrons. The van der Waals surface area contributed by atoms with E-state index in [4.69, 9.17) is 39.5 Å². The summed E-state index contributed by atoms with van der Waals surface area (Å²) in [7, 11) is 0. The van der Waals surface area contributed by atoms with E-state index in [0.29, 0.717) is 43.4 Å². The molecule has 0 aliphatic carbocycles. The van der Waals surface area contributed by atoms with Crippen LogP contribution in [0.15, 0.2) is 46.9 Å². The standard InChI is InChI=1S/C23H20Cl3N5O2S2/c1-3-31-20(10-33-19-7-5-14(24)8-13(19)2)29-30-23(31)35-12-21(32)28-22-27-18(11-34-22)16-6-4-15(25)9-17(16)26/h4-9,11H,3,10,12H2,1-2H3,(H,27,28,32). The molecule has 0 atom stereocenters. The van der Waals surface area contributed by atoms with Crippen LogP contribution < -0.4 is 10.1 Å². The molecule has 0 fully saturated rings. The van der Waals surface area contributed by atoms with Crippen LogP contribution in [0, 0.1) is 6.92 Å². The number of aromatic nitrogens is 4. The molecule has 2 heterocycles. The van der Waals surface area contributed by atoms with Crippen LogP contribution in [0.2, 0.25) is 15.1 Å². The monoisotopic (exact) mass is 567 g/mol. The van der Waals surface area contributed by atoms with Gasteiger partial charge in [0.05, 0.1) is 16.5 Å². The van der Waals surface area contributed by atoms with Crippen molar-refractivity contribution in [3.63, 3.8) is 0 Å². The van der Waals surface area contributed by atoms with Crippen LogP contribution in [-0.2, 0) is 17.9 Å². The van der Waals surface area contributed by atoms with Gasteiger partial charge in [0.2, 0.25) is 5.91 Å². The molecule has 1 amide bonds. The van der Waals surface area contributed by atoms with Crippen LogP contribution in [0.3, 0.4) is 0 Å². The minimum atomic E-state index is -0.196. The fourth-order valence-electron chi connectivity index (χ4n) is 3.20. The van der Waals surface area contributed by atoms with E-state index in [-0.39, 0.29) is 18.3 Å². The minimum absolute atomic E-state index is 0.159. The summed E-state index contributed by atoms with van der Waals surface area (Å²) in [5.41, 5.74) is 2.36. The Hall–Kier alpha value is -2.30. The summed E-state index contributed by atoms with van der Waals surface area (Å²) in [4.78, 5) is 17.0. The third-order valence-electron chi connectivity index (χ3n) is 4.89. The lowest BCUT2D eigenvalue weighted by Crippen LogP contribution is -2.14. The number of benzene rings is 2. The number of aryl methyl sites for hydroxylation is 1. The Bertz CT molecular complexity index is 1360. The maximum absolute atomic E-state index is 12.5. The molecule has 2 aromatic heterocycles. The minimum Gasteiger partial charge on any atom is -0.485 e. The number of rotatable bonds is 9. The van der Waals surface area contributed by atoms with Gasteiger partial charge in [-0.05, 0) is 55.8 Å². The first kappa shape index (κ1) is 25.8. The van der Waals surface area contributed by atoms with Crippen molar-refractivity contribution in [1.82, 2.24) is 19.7 Å². The van der Waals surface area contributed by atoms with Crippen LogP contribution in [0.4, 0.5) is 5.13 Å². The summed E-state index contributed by atoms with van der Waals surface area (Å²) in [6.45, 7) is 4.82. The van der Waals surface area contributed by atoms with Crippen LogP contribution in [0.25, 0.3) is 11.3 Å². The number of anilines is 1. The van der Waals surface area contributed by atoms with Gasteiger partial charge in [-0.1, -0.05) is 46.6 Å². The Morgan fingerprint density at radius 3 is 2.66 bits per heavy atom. The number of thiazole rings is 1. The zero-order chi connectivity index (χ0) is 24.9. The average molecular weight is 569 g/mol. The highest BCUT2D eigenvalue weighted by Crippen LogP contribution is 2.32. The third kappa shape index (κ3) is 6.48. The Morgan fingerprint density at radius 2 is 1.91 bits per heavy atom.